The number of carbonyl (C=O) groups is 2. The van der Waals surface area contributed by atoms with Crippen LogP contribution in [0.3, 0.4) is 0 Å². The van der Waals surface area contributed by atoms with E-state index < -0.39 is 28.0 Å². The number of rotatable bonds is 4. The lowest BCUT2D eigenvalue weighted by Gasteiger charge is -2.07. The van der Waals surface area contributed by atoms with Gasteiger partial charge in [0.1, 0.15) is 4.33 Å². The highest BCUT2D eigenvalue weighted by Crippen LogP contribution is 2.65. The van der Waals surface area contributed by atoms with Gasteiger partial charge >= 0.3 is 5.97 Å². The van der Waals surface area contributed by atoms with E-state index in [-0.39, 0.29) is 16.3 Å². The van der Waals surface area contributed by atoms with Crippen LogP contribution in [0.4, 0.5) is 5.69 Å². The van der Waals surface area contributed by atoms with Crippen molar-refractivity contribution in [2.45, 2.75) is 10.3 Å². The fraction of sp³-hybridized carbons (Fsp3) is 0.176. The Hall–Kier alpha value is -1.17. The number of carboxylic acids is 1. The van der Waals surface area contributed by atoms with Gasteiger partial charge in [-0.1, -0.05) is 34.8 Å². The van der Waals surface area contributed by atoms with E-state index in [4.69, 9.17) is 63.1 Å². The van der Waals surface area contributed by atoms with Crippen molar-refractivity contribution in [3.8, 4) is 0 Å². The average Bonchev–Trinajstić information content (AvgIpc) is 3.10. The van der Waals surface area contributed by atoms with Crippen LogP contribution in [-0.4, -0.2) is 21.3 Å². The van der Waals surface area contributed by atoms with E-state index >= 15 is 0 Å². The van der Waals surface area contributed by atoms with Gasteiger partial charge in [0, 0.05) is 21.7 Å². The Bertz CT molecular complexity index is 895. The molecule has 0 spiro atoms. The van der Waals surface area contributed by atoms with Gasteiger partial charge in [-0.3, -0.25) is 4.79 Å². The first-order chi connectivity index (χ1) is 12.1. The molecule has 1 aliphatic carbocycles. The molecule has 1 saturated carbocycles. The molecule has 1 fully saturated rings. The average molecular weight is 454 g/mol. The van der Waals surface area contributed by atoms with Crippen molar-refractivity contribution < 1.29 is 14.7 Å². The molecule has 2 atom stereocenters. The monoisotopic (exact) mass is 451 g/mol. The first-order valence-corrected chi connectivity index (χ1v) is 9.17. The van der Waals surface area contributed by atoms with Crippen LogP contribution in [0.5, 0.6) is 0 Å². The van der Waals surface area contributed by atoms with Gasteiger partial charge in [-0.15, -0.1) is 23.2 Å². The minimum Gasteiger partial charge on any atom is -0.478 e. The van der Waals surface area contributed by atoms with Gasteiger partial charge in [0.15, 0.2) is 0 Å². The normalized spacial score (nSPS) is 20.5. The lowest BCUT2D eigenvalue weighted by Crippen LogP contribution is -2.17. The molecule has 136 valence electrons. The third-order valence-electron chi connectivity index (χ3n) is 4.04. The number of benzene rings is 2. The maximum absolute atomic E-state index is 12.6. The summed E-state index contributed by atoms with van der Waals surface area (Å²) in [6.07, 6.45) is 0. The number of alkyl halides is 2. The largest absolute Gasteiger partial charge is 0.478 e. The molecule has 2 unspecified atom stereocenters. The lowest BCUT2D eigenvalue weighted by molar-refractivity contribution is -0.117. The summed E-state index contributed by atoms with van der Waals surface area (Å²) in [7, 11) is 0. The zero-order chi connectivity index (χ0) is 19.2. The third kappa shape index (κ3) is 3.75. The number of anilines is 1. The second-order valence-electron chi connectivity index (χ2n) is 5.82. The maximum Gasteiger partial charge on any atom is 0.337 e. The molecule has 3 rings (SSSR count). The number of halogens is 5. The minimum absolute atomic E-state index is 0.0670. The predicted octanol–water partition coefficient (Wildman–Crippen LogP) is 5.87. The topological polar surface area (TPSA) is 66.4 Å². The van der Waals surface area contributed by atoms with Gasteiger partial charge in [-0.25, -0.2) is 4.79 Å². The van der Waals surface area contributed by atoms with Crippen molar-refractivity contribution in [1.82, 2.24) is 0 Å². The molecule has 26 heavy (non-hydrogen) atoms. The summed E-state index contributed by atoms with van der Waals surface area (Å²) < 4.78 is -1.32. The summed E-state index contributed by atoms with van der Waals surface area (Å²) in [6.45, 7) is 0. The van der Waals surface area contributed by atoms with Crippen LogP contribution in [0.15, 0.2) is 36.4 Å². The lowest BCUT2D eigenvalue weighted by atomic mass is 10.1. The van der Waals surface area contributed by atoms with E-state index in [2.05, 4.69) is 5.32 Å². The van der Waals surface area contributed by atoms with Gasteiger partial charge in [0.2, 0.25) is 5.91 Å². The summed E-state index contributed by atoms with van der Waals surface area (Å²) in [6, 6.07) is 9.00. The quantitative estimate of drug-likeness (QED) is 0.569. The highest BCUT2D eigenvalue weighted by molar-refractivity contribution is 6.53. The Morgan fingerprint density at radius 3 is 2.19 bits per heavy atom. The maximum atomic E-state index is 12.6. The molecular weight excluding hydrogens is 443 g/mol. The molecule has 0 aromatic heterocycles. The summed E-state index contributed by atoms with van der Waals surface area (Å²) in [5, 5.41) is 12.6. The highest BCUT2D eigenvalue weighted by atomic mass is 35.5. The Morgan fingerprint density at radius 2 is 1.62 bits per heavy atom. The Kier molecular flexibility index (Phi) is 5.35. The van der Waals surface area contributed by atoms with Crippen molar-refractivity contribution in [1.29, 1.82) is 0 Å². The van der Waals surface area contributed by atoms with Crippen LogP contribution in [0.1, 0.15) is 21.8 Å². The minimum atomic E-state index is -1.32. The Labute approximate surface area is 173 Å². The van der Waals surface area contributed by atoms with E-state index in [1.807, 2.05) is 0 Å². The van der Waals surface area contributed by atoms with Crippen molar-refractivity contribution in [3.63, 3.8) is 0 Å². The van der Waals surface area contributed by atoms with Crippen LogP contribution in [0.25, 0.3) is 0 Å². The van der Waals surface area contributed by atoms with Crippen LogP contribution < -0.4 is 5.32 Å². The fourth-order valence-corrected chi connectivity index (χ4v) is 4.38. The van der Waals surface area contributed by atoms with Crippen molar-refractivity contribution in [3.05, 3.63) is 62.6 Å². The molecular formula is C17H10Cl5NO3. The molecule has 0 heterocycles. The van der Waals surface area contributed by atoms with E-state index in [9.17, 15) is 9.59 Å². The third-order valence-corrected chi connectivity index (χ3v) is 5.75. The Balaban J connectivity index is 1.82. The molecule has 4 nitrogen and oxygen atoms in total. The summed E-state index contributed by atoms with van der Waals surface area (Å²) in [5.74, 6) is -2.89. The standard InChI is InChI=1S/C17H10Cl5NO3/c18-8-3-7(4-9(19)5-8)13-14(17(13,21)22)15(24)23-10-1-2-12(20)11(6-10)16(25)26/h1-6,13-14H,(H,23,24)(H,25,26). The smallest absolute Gasteiger partial charge is 0.337 e. The highest BCUT2D eigenvalue weighted by Gasteiger charge is 2.67. The number of aromatic carboxylic acids is 1. The number of amides is 1. The van der Waals surface area contributed by atoms with Gasteiger partial charge < -0.3 is 10.4 Å². The van der Waals surface area contributed by atoms with Gasteiger partial charge in [0.05, 0.1) is 16.5 Å². The molecule has 0 aliphatic heterocycles. The summed E-state index contributed by atoms with van der Waals surface area (Å²) in [5.41, 5.74) is 0.798. The van der Waals surface area contributed by atoms with Crippen molar-refractivity contribution >= 4 is 75.6 Å². The second-order valence-corrected chi connectivity index (χ2v) is 8.55. The van der Waals surface area contributed by atoms with E-state index in [0.717, 1.165) is 0 Å². The molecule has 1 amide bonds. The molecule has 0 radical (unpaired) electrons. The van der Waals surface area contributed by atoms with Crippen molar-refractivity contribution in [2.24, 2.45) is 5.92 Å². The van der Waals surface area contributed by atoms with Crippen molar-refractivity contribution in [2.75, 3.05) is 5.32 Å². The van der Waals surface area contributed by atoms with Gasteiger partial charge in [0.25, 0.3) is 0 Å². The first kappa shape index (κ1) is 19.6. The van der Waals surface area contributed by atoms with E-state index in [1.54, 1.807) is 18.2 Å². The second kappa shape index (κ2) is 7.10. The fourth-order valence-electron chi connectivity index (χ4n) is 2.81. The number of nitrogens with one attached hydrogen (secondary N) is 1. The molecule has 1 aliphatic rings. The van der Waals surface area contributed by atoms with Gasteiger partial charge in [-0.05, 0) is 42.0 Å². The SMILES string of the molecule is O=C(O)c1cc(NC(=O)C2C(c3cc(Cl)cc(Cl)c3)C2(Cl)Cl)ccc1Cl. The Morgan fingerprint density at radius 1 is 1.00 bits per heavy atom. The molecule has 2 aromatic carbocycles. The molecule has 2 N–H and O–H groups in total. The van der Waals surface area contributed by atoms with Crippen LogP contribution in [0.2, 0.25) is 15.1 Å². The number of hydrogen-bond donors (Lipinski definition) is 2. The van der Waals surface area contributed by atoms with Crippen LogP contribution in [0, 0.1) is 5.92 Å². The zero-order valence-electron chi connectivity index (χ0n) is 12.8. The molecule has 0 bridgehead atoms. The first-order valence-electron chi connectivity index (χ1n) is 7.28. The number of carboxylic acid groups (broad SMARTS) is 1. The van der Waals surface area contributed by atoms with E-state index in [1.165, 1.54) is 18.2 Å². The zero-order valence-corrected chi connectivity index (χ0v) is 16.6. The number of hydrogen-bond acceptors (Lipinski definition) is 2. The van der Waals surface area contributed by atoms with E-state index in [0.29, 0.717) is 15.6 Å². The number of carbonyl (C=O) groups excluding carboxylic acids is 1. The summed E-state index contributed by atoms with van der Waals surface area (Å²) in [4.78, 5) is 23.7. The van der Waals surface area contributed by atoms with Crippen LogP contribution >= 0.6 is 58.0 Å². The summed E-state index contributed by atoms with van der Waals surface area (Å²) >= 11 is 30.4. The van der Waals surface area contributed by atoms with Crippen LogP contribution in [-0.2, 0) is 4.79 Å². The molecule has 0 saturated heterocycles. The predicted molar refractivity (Wildman–Crippen MR) is 104 cm³/mol. The molecule has 2 aromatic rings. The molecule has 9 heteroatoms. The van der Waals surface area contributed by atoms with Gasteiger partial charge in [-0.2, -0.15) is 0 Å².